The third-order valence-corrected chi connectivity index (χ3v) is 3.90. The monoisotopic (exact) mass is 368 g/mol. The molecule has 1 heterocycles. The fraction of sp³-hybridized carbons (Fsp3) is 0.105. The van der Waals surface area contributed by atoms with Crippen LogP contribution in [0.5, 0.6) is 0 Å². The lowest BCUT2D eigenvalue weighted by Crippen LogP contribution is -2.33. The molecule has 132 valence electrons. The maximum absolute atomic E-state index is 12.0. The lowest BCUT2D eigenvalue weighted by Gasteiger charge is -2.08. The zero-order valence-corrected chi connectivity index (χ0v) is 14.6. The number of aromatic nitrogens is 2. The van der Waals surface area contributed by atoms with Crippen molar-refractivity contribution >= 4 is 29.1 Å². The van der Waals surface area contributed by atoms with Crippen LogP contribution in [0, 0.1) is 0 Å². The van der Waals surface area contributed by atoms with E-state index in [1.807, 2.05) is 36.5 Å². The van der Waals surface area contributed by atoms with Crippen molar-refractivity contribution in [1.29, 1.82) is 0 Å². The highest BCUT2D eigenvalue weighted by atomic mass is 35.5. The van der Waals surface area contributed by atoms with Crippen molar-refractivity contribution in [3.8, 4) is 5.69 Å². The molecule has 0 radical (unpaired) electrons. The molecule has 0 aliphatic rings. The maximum Gasteiger partial charge on any atom is 0.243 e. The third kappa shape index (κ3) is 4.94. The Bertz CT molecular complexity index is 875. The molecular formula is C19H17ClN4O2. The van der Waals surface area contributed by atoms with Gasteiger partial charge in [0.15, 0.2) is 0 Å². The van der Waals surface area contributed by atoms with Crippen LogP contribution < -0.4 is 10.6 Å². The third-order valence-electron chi connectivity index (χ3n) is 3.64. The number of halogens is 1. The smallest absolute Gasteiger partial charge is 0.243 e. The first-order valence-electron chi connectivity index (χ1n) is 8.01. The summed E-state index contributed by atoms with van der Waals surface area (Å²) in [4.78, 5) is 23.9. The molecule has 26 heavy (non-hydrogen) atoms. The van der Waals surface area contributed by atoms with E-state index >= 15 is 0 Å². The van der Waals surface area contributed by atoms with Gasteiger partial charge in [0, 0.05) is 23.1 Å². The normalized spacial score (nSPS) is 10.3. The summed E-state index contributed by atoms with van der Waals surface area (Å²) in [6.45, 7) is -0.0904. The van der Waals surface area contributed by atoms with Gasteiger partial charge in [0.1, 0.15) is 0 Å². The molecule has 0 bridgehead atoms. The highest BCUT2D eigenvalue weighted by Crippen LogP contribution is 2.13. The molecule has 0 atom stereocenters. The molecule has 2 aromatic carbocycles. The number of nitrogens with one attached hydrogen (secondary N) is 2. The quantitative estimate of drug-likeness (QED) is 0.702. The highest BCUT2D eigenvalue weighted by Gasteiger charge is 2.07. The van der Waals surface area contributed by atoms with E-state index in [9.17, 15) is 9.59 Å². The Kier molecular flexibility index (Phi) is 5.66. The van der Waals surface area contributed by atoms with Gasteiger partial charge in [-0.15, -0.1) is 0 Å². The number of carbonyl (C=O) groups excluding carboxylic acids is 2. The van der Waals surface area contributed by atoms with E-state index in [2.05, 4.69) is 15.7 Å². The maximum atomic E-state index is 12.0. The number of amides is 2. The predicted octanol–water partition coefficient (Wildman–Crippen LogP) is 2.82. The summed E-state index contributed by atoms with van der Waals surface area (Å²) >= 11 is 5.79. The van der Waals surface area contributed by atoms with Gasteiger partial charge in [-0.05, 0) is 48.0 Å². The summed E-state index contributed by atoms with van der Waals surface area (Å²) in [5.41, 5.74) is 2.40. The largest absolute Gasteiger partial charge is 0.347 e. The van der Waals surface area contributed by atoms with Crippen LogP contribution in [0.25, 0.3) is 5.69 Å². The van der Waals surface area contributed by atoms with Crippen LogP contribution in [0.15, 0.2) is 67.0 Å². The molecule has 0 fully saturated rings. The van der Waals surface area contributed by atoms with E-state index in [4.69, 9.17) is 11.6 Å². The minimum Gasteiger partial charge on any atom is -0.347 e. The van der Waals surface area contributed by atoms with Crippen molar-refractivity contribution in [1.82, 2.24) is 15.1 Å². The lowest BCUT2D eigenvalue weighted by atomic mass is 10.1. The van der Waals surface area contributed by atoms with Crippen LogP contribution in [0.2, 0.25) is 5.02 Å². The van der Waals surface area contributed by atoms with E-state index in [1.54, 1.807) is 35.1 Å². The van der Waals surface area contributed by atoms with Gasteiger partial charge in [0.05, 0.1) is 18.7 Å². The second-order valence-corrected chi connectivity index (χ2v) is 6.06. The average Bonchev–Trinajstić information content (AvgIpc) is 3.17. The van der Waals surface area contributed by atoms with E-state index in [0.717, 1.165) is 11.3 Å². The van der Waals surface area contributed by atoms with Gasteiger partial charge >= 0.3 is 0 Å². The van der Waals surface area contributed by atoms with Crippen LogP contribution in [-0.2, 0) is 16.0 Å². The zero-order chi connectivity index (χ0) is 18.4. The Morgan fingerprint density at radius 3 is 2.38 bits per heavy atom. The number of hydrogen-bond acceptors (Lipinski definition) is 3. The molecule has 0 unspecified atom stereocenters. The molecule has 2 N–H and O–H groups in total. The standard InChI is InChI=1S/C19H17ClN4O2/c20-15-4-6-16(7-5-15)23-19(26)13-21-18(25)12-14-2-8-17(9-3-14)24-11-1-10-22-24/h1-11H,12-13H2,(H,21,25)(H,23,26). The number of carbonyl (C=O) groups is 2. The van der Waals surface area contributed by atoms with E-state index in [0.29, 0.717) is 10.7 Å². The summed E-state index contributed by atoms with van der Waals surface area (Å²) in [5, 5.41) is 10.0. The van der Waals surface area contributed by atoms with E-state index in [-0.39, 0.29) is 24.8 Å². The summed E-state index contributed by atoms with van der Waals surface area (Å²) in [7, 11) is 0. The summed E-state index contributed by atoms with van der Waals surface area (Å²) in [6, 6.07) is 16.1. The minimum absolute atomic E-state index is 0.0904. The second kappa shape index (κ2) is 8.31. The molecular weight excluding hydrogens is 352 g/mol. The van der Waals surface area contributed by atoms with Crippen LogP contribution >= 0.6 is 11.6 Å². The lowest BCUT2D eigenvalue weighted by molar-refractivity contribution is -0.123. The van der Waals surface area contributed by atoms with Crippen molar-refractivity contribution in [3.05, 3.63) is 77.6 Å². The summed E-state index contributed by atoms with van der Waals surface area (Å²) in [5.74, 6) is -0.516. The number of rotatable bonds is 6. The highest BCUT2D eigenvalue weighted by molar-refractivity contribution is 6.30. The van der Waals surface area contributed by atoms with Crippen LogP contribution in [0.1, 0.15) is 5.56 Å². The van der Waals surface area contributed by atoms with Crippen molar-refractivity contribution in [3.63, 3.8) is 0 Å². The fourth-order valence-corrected chi connectivity index (χ4v) is 2.48. The molecule has 3 rings (SSSR count). The Hall–Kier alpha value is -3.12. The molecule has 7 heteroatoms. The number of nitrogens with zero attached hydrogens (tertiary/aromatic N) is 2. The van der Waals surface area contributed by atoms with E-state index in [1.165, 1.54) is 0 Å². The fourth-order valence-electron chi connectivity index (χ4n) is 2.35. The SMILES string of the molecule is O=C(Cc1ccc(-n2cccn2)cc1)NCC(=O)Nc1ccc(Cl)cc1. The summed E-state index contributed by atoms with van der Waals surface area (Å²) in [6.07, 6.45) is 3.76. The number of hydrogen-bond donors (Lipinski definition) is 2. The summed E-state index contributed by atoms with van der Waals surface area (Å²) < 4.78 is 1.74. The number of benzene rings is 2. The molecule has 0 saturated carbocycles. The van der Waals surface area contributed by atoms with Crippen molar-refractivity contribution < 1.29 is 9.59 Å². The molecule has 6 nitrogen and oxygen atoms in total. The molecule has 0 aliphatic heterocycles. The van der Waals surface area contributed by atoms with Gasteiger partial charge in [-0.25, -0.2) is 4.68 Å². The van der Waals surface area contributed by atoms with Crippen molar-refractivity contribution in [2.45, 2.75) is 6.42 Å². The predicted molar refractivity (Wildman–Crippen MR) is 100 cm³/mol. The molecule has 3 aromatic rings. The average molecular weight is 369 g/mol. The Labute approximate surface area is 155 Å². The van der Waals surface area contributed by atoms with Crippen molar-refractivity contribution in [2.24, 2.45) is 0 Å². The molecule has 0 aliphatic carbocycles. The molecule has 1 aromatic heterocycles. The zero-order valence-electron chi connectivity index (χ0n) is 13.9. The first-order valence-corrected chi connectivity index (χ1v) is 8.39. The van der Waals surface area contributed by atoms with Gasteiger partial charge < -0.3 is 10.6 Å². The topological polar surface area (TPSA) is 76.0 Å². The van der Waals surface area contributed by atoms with Crippen LogP contribution in [0.4, 0.5) is 5.69 Å². The van der Waals surface area contributed by atoms with E-state index < -0.39 is 0 Å². The molecule has 0 spiro atoms. The molecule has 2 amide bonds. The Balaban J connectivity index is 1.46. The van der Waals surface area contributed by atoms with Gasteiger partial charge in [-0.1, -0.05) is 23.7 Å². The minimum atomic E-state index is -0.297. The Morgan fingerprint density at radius 2 is 1.73 bits per heavy atom. The van der Waals surface area contributed by atoms with Crippen LogP contribution in [-0.4, -0.2) is 28.1 Å². The van der Waals surface area contributed by atoms with Gasteiger partial charge in [0.25, 0.3) is 0 Å². The second-order valence-electron chi connectivity index (χ2n) is 5.63. The van der Waals surface area contributed by atoms with Crippen molar-refractivity contribution in [2.75, 3.05) is 11.9 Å². The first kappa shape index (κ1) is 17.7. The van der Waals surface area contributed by atoms with Crippen LogP contribution in [0.3, 0.4) is 0 Å². The first-order chi connectivity index (χ1) is 12.6. The van der Waals surface area contributed by atoms with Gasteiger partial charge in [-0.3, -0.25) is 9.59 Å². The van der Waals surface area contributed by atoms with Gasteiger partial charge in [-0.2, -0.15) is 5.10 Å². The van der Waals surface area contributed by atoms with Gasteiger partial charge in [0.2, 0.25) is 11.8 Å². The number of anilines is 1. The molecule has 0 saturated heterocycles. The Morgan fingerprint density at radius 1 is 1.00 bits per heavy atom.